The van der Waals surface area contributed by atoms with E-state index in [1.165, 1.54) is 0 Å². The molecule has 4 heteroatoms. The molecule has 4 nitrogen and oxygen atoms in total. The van der Waals surface area contributed by atoms with Gasteiger partial charge in [-0.1, -0.05) is 0 Å². The van der Waals surface area contributed by atoms with Gasteiger partial charge in [-0.05, 0) is 6.92 Å². The molecule has 0 atom stereocenters. The largest absolute Gasteiger partial charge is 0.495 e. The van der Waals surface area contributed by atoms with Crippen LogP contribution in [0.25, 0.3) is 0 Å². The molecule has 0 aliphatic carbocycles. The first-order valence-electron chi connectivity index (χ1n) is 4.68. The van der Waals surface area contributed by atoms with E-state index in [0.29, 0.717) is 18.8 Å². The van der Waals surface area contributed by atoms with Gasteiger partial charge in [0.1, 0.15) is 12.0 Å². The molecule has 15 heavy (non-hydrogen) atoms. The number of pyridine rings is 1. The van der Waals surface area contributed by atoms with Gasteiger partial charge in [-0.3, -0.25) is 4.98 Å². The lowest BCUT2D eigenvalue weighted by Crippen LogP contribution is -2.04. The van der Waals surface area contributed by atoms with Crippen molar-refractivity contribution >= 4 is 6.29 Å². The summed E-state index contributed by atoms with van der Waals surface area (Å²) < 4.78 is 10.3. The predicted octanol–water partition coefficient (Wildman–Crippen LogP) is 1.29. The molecule has 0 bridgehead atoms. The first-order valence-corrected chi connectivity index (χ1v) is 4.68. The summed E-state index contributed by atoms with van der Waals surface area (Å²) in [5.74, 6) is 0.677. The van der Waals surface area contributed by atoms with Gasteiger partial charge in [0.25, 0.3) is 0 Å². The molecule has 1 heterocycles. The summed E-state index contributed by atoms with van der Waals surface area (Å²) in [6.45, 7) is 2.29. The molecule has 1 rings (SSSR count). The van der Waals surface area contributed by atoms with Gasteiger partial charge in [-0.25, -0.2) is 0 Å². The Morgan fingerprint density at radius 1 is 1.47 bits per heavy atom. The van der Waals surface area contributed by atoms with Crippen LogP contribution in [0.5, 0.6) is 5.75 Å². The quantitative estimate of drug-likeness (QED) is 0.685. The topological polar surface area (TPSA) is 48.4 Å². The number of rotatable bonds is 5. The Kier molecular flexibility index (Phi) is 4.24. The van der Waals surface area contributed by atoms with Gasteiger partial charge >= 0.3 is 0 Å². The van der Waals surface area contributed by atoms with Gasteiger partial charge in [0.15, 0.2) is 0 Å². The Morgan fingerprint density at radius 2 is 2.20 bits per heavy atom. The number of ether oxygens (including phenoxy) is 2. The fraction of sp³-hybridized carbons (Fsp3) is 0.455. The Hall–Kier alpha value is -1.42. The van der Waals surface area contributed by atoms with Gasteiger partial charge in [0.2, 0.25) is 0 Å². The average molecular weight is 209 g/mol. The highest BCUT2D eigenvalue weighted by atomic mass is 16.5. The molecule has 0 aliphatic heterocycles. The van der Waals surface area contributed by atoms with Crippen molar-refractivity contribution in [3.8, 4) is 5.75 Å². The summed E-state index contributed by atoms with van der Waals surface area (Å²) >= 11 is 0. The van der Waals surface area contributed by atoms with Crippen molar-refractivity contribution in [2.75, 3.05) is 14.2 Å². The van der Waals surface area contributed by atoms with Gasteiger partial charge < -0.3 is 14.3 Å². The van der Waals surface area contributed by atoms with Crippen molar-refractivity contribution in [3.05, 3.63) is 23.0 Å². The van der Waals surface area contributed by atoms with Crippen LogP contribution in [-0.2, 0) is 22.6 Å². The maximum absolute atomic E-state index is 10.6. The molecule has 0 spiro atoms. The molecule has 0 radical (unpaired) electrons. The highest BCUT2D eigenvalue weighted by Gasteiger charge is 2.12. The van der Waals surface area contributed by atoms with Crippen LogP contribution in [-0.4, -0.2) is 25.5 Å². The summed E-state index contributed by atoms with van der Waals surface area (Å²) in [6.07, 6.45) is 2.90. The van der Waals surface area contributed by atoms with Crippen molar-refractivity contribution in [3.63, 3.8) is 0 Å². The van der Waals surface area contributed by atoms with Gasteiger partial charge in [0, 0.05) is 30.9 Å². The third-order valence-corrected chi connectivity index (χ3v) is 2.20. The Morgan fingerprint density at radius 3 is 2.73 bits per heavy atom. The molecule has 0 N–H and O–H groups in total. The zero-order valence-electron chi connectivity index (χ0n) is 9.24. The second-order valence-electron chi connectivity index (χ2n) is 3.18. The first-order chi connectivity index (χ1) is 7.24. The van der Waals surface area contributed by atoms with Crippen LogP contribution in [0.15, 0.2) is 6.20 Å². The van der Waals surface area contributed by atoms with Crippen LogP contribution < -0.4 is 4.74 Å². The smallest absolute Gasteiger partial charge is 0.144 e. The number of hydrogen-bond acceptors (Lipinski definition) is 4. The van der Waals surface area contributed by atoms with E-state index in [9.17, 15) is 4.79 Å². The lowest BCUT2D eigenvalue weighted by molar-refractivity contribution is -0.107. The number of carbonyl (C=O) groups excluding carboxylic acids is 1. The minimum Gasteiger partial charge on any atom is -0.495 e. The van der Waals surface area contributed by atoms with E-state index in [1.807, 2.05) is 6.92 Å². The number of aldehydes is 1. The van der Waals surface area contributed by atoms with E-state index in [1.54, 1.807) is 20.4 Å². The van der Waals surface area contributed by atoms with Crippen LogP contribution in [0.3, 0.4) is 0 Å². The normalized spacial score (nSPS) is 10.1. The summed E-state index contributed by atoms with van der Waals surface area (Å²) in [5, 5.41) is 0. The van der Waals surface area contributed by atoms with Crippen molar-refractivity contribution in [1.82, 2.24) is 4.98 Å². The van der Waals surface area contributed by atoms with E-state index in [2.05, 4.69) is 4.98 Å². The zero-order valence-corrected chi connectivity index (χ0v) is 9.24. The maximum atomic E-state index is 10.6. The number of hydrogen-bond donors (Lipinski definition) is 0. The number of nitrogens with zero attached hydrogens (tertiary/aromatic N) is 1. The van der Waals surface area contributed by atoms with E-state index >= 15 is 0 Å². The number of aryl methyl sites for hydroxylation is 1. The molecule has 0 saturated carbocycles. The molecule has 0 fully saturated rings. The second-order valence-corrected chi connectivity index (χ2v) is 3.18. The molecule has 0 unspecified atom stereocenters. The monoisotopic (exact) mass is 209 g/mol. The van der Waals surface area contributed by atoms with E-state index in [4.69, 9.17) is 9.47 Å². The summed E-state index contributed by atoms with van der Waals surface area (Å²) in [7, 11) is 3.19. The van der Waals surface area contributed by atoms with Crippen LogP contribution in [0.4, 0.5) is 0 Å². The standard InChI is InChI=1S/C11H15NO3/c1-8-11(15-3)10(4-5-13)9(6-12-8)7-14-2/h5-6H,4,7H2,1-3H3. The van der Waals surface area contributed by atoms with E-state index in [0.717, 1.165) is 23.1 Å². The SMILES string of the molecule is COCc1cnc(C)c(OC)c1CC=O. The second kappa shape index (κ2) is 5.46. The Bertz CT molecular complexity index is 350. The molecule has 0 saturated heterocycles. The van der Waals surface area contributed by atoms with Crippen molar-refractivity contribution < 1.29 is 14.3 Å². The molecule has 1 aromatic heterocycles. The highest BCUT2D eigenvalue weighted by Crippen LogP contribution is 2.25. The van der Waals surface area contributed by atoms with Crippen LogP contribution >= 0.6 is 0 Å². The van der Waals surface area contributed by atoms with Crippen LogP contribution in [0, 0.1) is 6.92 Å². The summed E-state index contributed by atoms with van der Waals surface area (Å²) in [6, 6.07) is 0. The van der Waals surface area contributed by atoms with Crippen molar-refractivity contribution in [1.29, 1.82) is 0 Å². The van der Waals surface area contributed by atoms with Crippen molar-refractivity contribution in [2.24, 2.45) is 0 Å². The third-order valence-electron chi connectivity index (χ3n) is 2.20. The maximum Gasteiger partial charge on any atom is 0.144 e. The van der Waals surface area contributed by atoms with Crippen LogP contribution in [0.2, 0.25) is 0 Å². The fourth-order valence-corrected chi connectivity index (χ4v) is 1.53. The molecule has 1 aromatic rings. The van der Waals surface area contributed by atoms with Gasteiger partial charge in [-0.2, -0.15) is 0 Å². The lowest BCUT2D eigenvalue weighted by Gasteiger charge is -2.13. The Balaban J connectivity index is 3.21. The summed E-state index contributed by atoms with van der Waals surface area (Å²) in [5.41, 5.74) is 2.54. The minimum atomic E-state index is 0.325. The van der Waals surface area contributed by atoms with E-state index in [-0.39, 0.29) is 0 Å². The van der Waals surface area contributed by atoms with Gasteiger partial charge in [0.05, 0.1) is 19.4 Å². The van der Waals surface area contributed by atoms with E-state index < -0.39 is 0 Å². The Labute approximate surface area is 89.2 Å². The number of carbonyl (C=O) groups is 1. The van der Waals surface area contributed by atoms with Crippen molar-refractivity contribution in [2.45, 2.75) is 20.0 Å². The number of aromatic nitrogens is 1. The summed E-state index contributed by atoms with van der Waals surface area (Å²) in [4.78, 5) is 14.8. The number of methoxy groups -OCH3 is 2. The molecule has 82 valence electrons. The fourth-order valence-electron chi connectivity index (χ4n) is 1.53. The molecule has 0 aromatic carbocycles. The highest BCUT2D eigenvalue weighted by molar-refractivity contribution is 5.59. The lowest BCUT2D eigenvalue weighted by atomic mass is 10.1. The van der Waals surface area contributed by atoms with Gasteiger partial charge in [-0.15, -0.1) is 0 Å². The minimum absolute atomic E-state index is 0.325. The molecular weight excluding hydrogens is 194 g/mol. The predicted molar refractivity (Wildman–Crippen MR) is 56.0 cm³/mol. The first kappa shape index (κ1) is 11.7. The molecule has 0 amide bonds. The zero-order chi connectivity index (χ0) is 11.3. The molecular formula is C11H15NO3. The average Bonchev–Trinajstić information content (AvgIpc) is 2.23. The van der Waals surface area contributed by atoms with Crippen LogP contribution in [0.1, 0.15) is 16.8 Å². The molecule has 0 aliphatic rings. The third kappa shape index (κ3) is 2.53.